The van der Waals surface area contributed by atoms with Crippen LogP contribution in [0.2, 0.25) is 0 Å². The van der Waals surface area contributed by atoms with Crippen LogP contribution in [-0.4, -0.2) is 24.3 Å². The summed E-state index contributed by atoms with van der Waals surface area (Å²) in [7, 11) is 1.95. The van der Waals surface area contributed by atoms with Gasteiger partial charge in [-0.15, -0.1) is 0 Å². The van der Waals surface area contributed by atoms with Gasteiger partial charge in [0.2, 0.25) is 0 Å². The van der Waals surface area contributed by atoms with Gasteiger partial charge in [0.05, 0.1) is 6.61 Å². The predicted molar refractivity (Wildman–Crippen MR) is 42.0 cm³/mol. The zero-order chi connectivity index (χ0) is 7.45. The second-order valence-electron chi connectivity index (χ2n) is 3.25. The summed E-state index contributed by atoms with van der Waals surface area (Å²) in [6, 6.07) is 0. The fourth-order valence-corrected chi connectivity index (χ4v) is 1.72. The first kappa shape index (κ1) is 8.02. The molecule has 1 saturated carbocycles. The summed E-state index contributed by atoms with van der Waals surface area (Å²) in [5, 5.41) is 12.3. The number of aliphatic hydroxyl groups is 1. The van der Waals surface area contributed by atoms with Crippen molar-refractivity contribution in [2.24, 2.45) is 0 Å². The van der Waals surface area contributed by atoms with E-state index in [0.717, 1.165) is 12.8 Å². The number of aliphatic hydroxyl groups excluding tert-OH is 1. The SMILES string of the molecule is CNC1(CO)CCCCC1. The minimum absolute atomic E-state index is 0.0677. The van der Waals surface area contributed by atoms with Crippen LogP contribution in [0.3, 0.4) is 0 Å². The van der Waals surface area contributed by atoms with Gasteiger partial charge in [0.1, 0.15) is 0 Å². The van der Waals surface area contributed by atoms with Gasteiger partial charge in [0.15, 0.2) is 0 Å². The van der Waals surface area contributed by atoms with Crippen molar-refractivity contribution in [1.82, 2.24) is 5.32 Å². The molecule has 0 spiro atoms. The highest BCUT2D eigenvalue weighted by molar-refractivity contribution is 4.88. The van der Waals surface area contributed by atoms with Crippen molar-refractivity contribution in [3.8, 4) is 0 Å². The Morgan fingerprint density at radius 3 is 2.20 bits per heavy atom. The molecule has 10 heavy (non-hydrogen) atoms. The Morgan fingerprint density at radius 1 is 1.30 bits per heavy atom. The van der Waals surface area contributed by atoms with E-state index in [-0.39, 0.29) is 5.54 Å². The van der Waals surface area contributed by atoms with Crippen molar-refractivity contribution in [2.45, 2.75) is 37.6 Å². The van der Waals surface area contributed by atoms with Crippen LogP contribution in [-0.2, 0) is 0 Å². The molecule has 0 unspecified atom stereocenters. The average molecular weight is 143 g/mol. The lowest BCUT2D eigenvalue weighted by Crippen LogP contribution is -2.47. The highest BCUT2D eigenvalue weighted by Gasteiger charge is 2.28. The standard InChI is InChI=1S/C8H17NO/c1-9-8(7-10)5-3-2-4-6-8/h9-10H,2-7H2,1H3. The van der Waals surface area contributed by atoms with Gasteiger partial charge in [-0.2, -0.15) is 0 Å². The maximum absolute atomic E-state index is 9.08. The molecule has 2 N–H and O–H groups in total. The molecular weight excluding hydrogens is 126 g/mol. The monoisotopic (exact) mass is 143 g/mol. The van der Waals surface area contributed by atoms with Crippen LogP contribution in [0.25, 0.3) is 0 Å². The molecule has 0 saturated heterocycles. The van der Waals surface area contributed by atoms with Gasteiger partial charge < -0.3 is 10.4 Å². The lowest BCUT2D eigenvalue weighted by atomic mass is 9.82. The fraction of sp³-hybridized carbons (Fsp3) is 1.00. The average Bonchev–Trinajstić information content (AvgIpc) is 2.06. The molecule has 0 heterocycles. The molecule has 1 rings (SSSR count). The first-order chi connectivity index (χ1) is 4.83. The molecule has 0 aromatic carbocycles. The molecule has 0 radical (unpaired) electrons. The molecular formula is C8H17NO. The van der Waals surface area contributed by atoms with E-state index in [0.29, 0.717) is 6.61 Å². The summed E-state index contributed by atoms with van der Waals surface area (Å²) < 4.78 is 0. The number of likely N-dealkylation sites (N-methyl/N-ethyl adjacent to an activating group) is 1. The minimum atomic E-state index is 0.0677. The van der Waals surface area contributed by atoms with Crippen molar-refractivity contribution in [3.05, 3.63) is 0 Å². The fourth-order valence-electron chi connectivity index (χ4n) is 1.72. The van der Waals surface area contributed by atoms with E-state index in [1.807, 2.05) is 7.05 Å². The molecule has 0 aromatic heterocycles. The Morgan fingerprint density at radius 2 is 1.90 bits per heavy atom. The Bertz CT molecular complexity index is 91.4. The van der Waals surface area contributed by atoms with Crippen LogP contribution in [0, 0.1) is 0 Å². The molecule has 0 aromatic rings. The zero-order valence-electron chi connectivity index (χ0n) is 6.69. The van der Waals surface area contributed by atoms with Gasteiger partial charge >= 0.3 is 0 Å². The number of nitrogens with one attached hydrogen (secondary N) is 1. The maximum Gasteiger partial charge on any atom is 0.0613 e. The number of rotatable bonds is 2. The molecule has 1 aliphatic rings. The van der Waals surface area contributed by atoms with Gasteiger partial charge in [-0.25, -0.2) is 0 Å². The summed E-state index contributed by atoms with van der Waals surface area (Å²) in [4.78, 5) is 0. The van der Waals surface area contributed by atoms with Crippen LogP contribution in [0.4, 0.5) is 0 Å². The first-order valence-corrected chi connectivity index (χ1v) is 4.13. The number of hydrogen-bond donors (Lipinski definition) is 2. The van der Waals surface area contributed by atoms with Crippen LogP contribution >= 0.6 is 0 Å². The third kappa shape index (κ3) is 1.50. The Kier molecular flexibility index (Phi) is 2.69. The van der Waals surface area contributed by atoms with Crippen molar-refractivity contribution < 1.29 is 5.11 Å². The Hall–Kier alpha value is -0.0800. The second kappa shape index (κ2) is 3.35. The van der Waals surface area contributed by atoms with E-state index in [4.69, 9.17) is 5.11 Å². The molecule has 60 valence electrons. The summed E-state index contributed by atoms with van der Waals surface area (Å²) >= 11 is 0. The van der Waals surface area contributed by atoms with Crippen molar-refractivity contribution >= 4 is 0 Å². The number of hydrogen-bond acceptors (Lipinski definition) is 2. The first-order valence-electron chi connectivity index (χ1n) is 4.13. The summed E-state index contributed by atoms with van der Waals surface area (Å²) in [6.07, 6.45) is 6.15. The minimum Gasteiger partial charge on any atom is -0.394 e. The van der Waals surface area contributed by atoms with Gasteiger partial charge in [-0.3, -0.25) is 0 Å². The topological polar surface area (TPSA) is 32.3 Å². The highest BCUT2D eigenvalue weighted by atomic mass is 16.3. The second-order valence-corrected chi connectivity index (χ2v) is 3.25. The zero-order valence-corrected chi connectivity index (χ0v) is 6.69. The molecule has 1 fully saturated rings. The molecule has 2 nitrogen and oxygen atoms in total. The van der Waals surface area contributed by atoms with Crippen LogP contribution in [0.1, 0.15) is 32.1 Å². The summed E-state index contributed by atoms with van der Waals surface area (Å²) in [6.45, 7) is 0.295. The van der Waals surface area contributed by atoms with E-state index in [9.17, 15) is 0 Å². The van der Waals surface area contributed by atoms with Gasteiger partial charge in [-0.1, -0.05) is 19.3 Å². The largest absolute Gasteiger partial charge is 0.394 e. The normalized spacial score (nSPS) is 24.6. The van der Waals surface area contributed by atoms with Crippen LogP contribution < -0.4 is 5.32 Å². The van der Waals surface area contributed by atoms with Gasteiger partial charge in [-0.05, 0) is 19.9 Å². The lowest BCUT2D eigenvalue weighted by molar-refractivity contribution is 0.129. The van der Waals surface area contributed by atoms with E-state index < -0.39 is 0 Å². The van der Waals surface area contributed by atoms with E-state index >= 15 is 0 Å². The van der Waals surface area contributed by atoms with E-state index in [2.05, 4.69) is 5.32 Å². The van der Waals surface area contributed by atoms with Crippen molar-refractivity contribution in [3.63, 3.8) is 0 Å². The lowest BCUT2D eigenvalue weighted by Gasteiger charge is -2.35. The molecule has 0 atom stereocenters. The van der Waals surface area contributed by atoms with Gasteiger partial charge in [0.25, 0.3) is 0 Å². The highest BCUT2D eigenvalue weighted by Crippen LogP contribution is 2.26. The predicted octanol–water partition coefficient (Wildman–Crippen LogP) is 0.901. The smallest absolute Gasteiger partial charge is 0.0613 e. The molecule has 0 aliphatic heterocycles. The molecule has 1 aliphatic carbocycles. The third-order valence-electron chi connectivity index (χ3n) is 2.64. The van der Waals surface area contributed by atoms with Crippen molar-refractivity contribution in [2.75, 3.05) is 13.7 Å². The summed E-state index contributed by atoms with van der Waals surface area (Å²) in [5.74, 6) is 0. The molecule has 0 amide bonds. The third-order valence-corrected chi connectivity index (χ3v) is 2.64. The van der Waals surface area contributed by atoms with E-state index in [1.165, 1.54) is 19.3 Å². The molecule has 0 bridgehead atoms. The van der Waals surface area contributed by atoms with Crippen molar-refractivity contribution in [1.29, 1.82) is 0 Å². The Labute approximate surface area is 62.6 Å². The maximum atomic E-state index is 9.08. The summed E-state index contributed by atoms with van der Waals surface area (Å²) in [5.41, 5.74) is 0.0677. The van der Waals surface area contributed by atoms with Gasteiger partial charge in [0, 0.05) is 5.54 Å². The quantitative estimate of drug-likeness (QED) is 0.602. The Balaban J connectivity index is 2.44. The van der Waals surface area contributed by atoms with E-state index in [1.54, 1.807) is 0 Å². The van der Waals surface area contributed by atoms with Crippen LogP contribution in [0.5, 0.6) is 0 Å². The van der Waals surface area contributed by atoms with Crippen LogP contribution in [0.15, 0.2) is 0 Å². The molecule has 2 heteroatoms.